The van der Waals surface area contributed by atoms with Crippen LogP contribution in [0.1, 0.15) is 16.8 Å². The van der Waals surface area contributed by atoms with Gasteiger partial charge >= 0.3 is 0 Å². The summed E-state index contributed by atoms with van der Waals surface area (Å²) in [6, 6.07) is 0. The summed E-state index contributed by atoms with van der Waals surface area (Å²) >= 11 is 0. The van der Waals surface area contributed by atoms with Crippen molar-refractivity contribution in [1.82, 2.24) is 9.97 Å². The Bertz CT molecular complexity index is 377. The molecule has 15 heavy (non-hydrogen) atoms. The molecule has 0 atom stereocenters. The number of nitrogen functional groups attached to an aromatic ring is 1. The molecule has 6 heteroatoms. The number of carbonyl (C=O) groups is 1. The van der Waals surface area contributed by atoms with Crippen LogP contribution < -0.4 is 16.8 Å². The average molecular weight is 207 g/mol. The zero-order valence-corrected chi connectivity index (χ0v) is 8.23. The number of nitrogens with zero attached hydrogens (tertiary/aromatic N) is 2. The number of anilines is 2. The van der Waals surface area contributed by atoms with Crippen LogP contribution in [0.25, 0.3) is 0 Å². The third kappa shape index (κ3) is 2.94. The highest BCUT2D eigenvalue weighted by atomic mass is 16.1. The van der Waals surface area contributed by atoms with E-state index in [-0.39, 0.29) is 11.4 Å². The molecule has 1 heterocycles. The lowest BCUT2D eigenvalue weighted by atomic mass is 10.3. The van der Waals surface area contributed by atoms with Crippen molar-refractivity contribution in [1.29, 1.82) is 0 Å². The summed E-state index contributed by atoms with van der Waals surface area (Å²) in [6.45, 7) is 4.25. The van der Waals surface area contributed by atoms with Gasteiger partial charge in [-0.05, 0) is 6.42 Å². The predicted molar refractivity (Wildman–Crippen MR) is 58.3 cm³/mol. The Labute approximate surface area is 87.4 Å². The molecule has 6 nitrogen and oxygen atoms in total. The number of rotatable bonds is 5. The number of carbonyl (C=O) groups excluding carboxylic acids is 1. The highest BCUT2D eigenvalue weighted by Crippen LogP contribution is 2.08. The van der Waals surface area contributed by atoms with Crippen LogP contribution in [0.4, 0.5) is 11.8 Å². The van der Waals surface area contributed by atoms with Gasteiger partial charge in [0.2, 0.25) is 5.95 Å². The molecule has 1 aromatic heterocycles. The van der Waals surface area contributed by atoms with Crippen molar-refractivity contribution in [3.63, 3.8) is 0 Å². The standard InChI is InChI=1S/C9H13N5O/c1-2-3-4-12-9-13-5-6(8(11)15)7(10)14-9/h2,5H,1,3-4H2,(H2,11,15)(H3,10,12,13,14). The van der Waals surface area contributed by atoms with Crippen LogP contribution in [0.3, 0.4) is 0 Å². The predicted octanol–water partition coefficient (Wildman–Crippen LogP) is 0.146. The monoisotopic (exact) mass is 207 g/mol. The smallest absolute Gasteiger partial charge is 0.254 e. The van der Waals surface area contributed by atoms with E-state index in [2.05, 4.69) is 21.9 Å². The maximum Gasteiger partial charge on any atom is 0.254 e. The molecule has 1 aromatic rings. The molecule has 0 spiro atoms. The van der Waals surface area contributed by atoms with E-state index in [9.17, 15) is 4.79 Å². The molecule has 0 aromatic carbocycles. The van der Waals surface area contributed by atoms with E-state index in [1.165, 1.54) is 6.20 Å². The topological polar surface area (TPSA) is 107 Å². The highest BCUT2D eigenvalue weighted by molar-refractivity contribution is 5.96. The zero-order valence-electron chi connectivity index (χ0n) is 8.23. The van der Waals surface area contributed by atoms with Gasteiger partial charge in [-0.2, -0.15) is 4.98 Å². The molecular weight excluding hydrogens is 194 g/mol. The normalized spacial score (nSPS) is 9.60. The van der Waals surface area contributed by atoms with Crippen LogP contribution in [-0.4, -0.2) is 22.4 Å². The van der Waals surface area contributed by atoms with Crippen LogP contribution in [0.2, 0.25) is 0 Å². The van der Waals surface area contributed by atoms with Gasteiger partial charge in [-0.3, -0.25) is 4.79 Å². The summed E-state index contributed by atoms with van der Waals surface area (Å²) in [5, 5.41) is 2.93. The van der Waals surface area contributed by atoms with Gasteiger partial charge in [0.25, 0.3) is 5.91 Å². The molecule has 5 N–H and O–H groups in total. The lowest BCUT2D eigenvalue weighted by Gasteiger charge is -2.05. The van der Waals surface area contributed by atoms with E-state index in [0.717, 1.165) is 6.42 Å². The number of primary amides is 1. The first-order chi connectivity index (χ1) is 7.15. The van der Waals surface area contributed by atoms with E-state index < -0.39 is 5.91 Å². The molecule has 0 saturated heterocycles. The molecule has 0 unspecified atom stereocenters. The largest absolute Gasteiger partial charge is 0.383 e. The molecule has 0 aliphatic heterocycles. The molecule has 1 amide bonds. The maximum atomic E-state index is 10.8. The molecule has 0 aliphatic rings. The average Bonchev–Trinajstić information content (AvgIpc) is 2.17. The summed E-state index contributed by atoms with van der Waals surface area (Å²) < 4.78 is 0. The number of hydrogen-bond donors (Lipinski definition) is 3. The van der Waals surface area contributed by atoms with Crippen molar-refractivity contribution in [2.24, 2.45) is 5.73 Å². The van der Waals surface area contributed by atoms with Crippen molar-refractivity contribution >= 4 is 17.7 Å². The number of nitrogens with one attached hydrogen (secondary N) is 1. The van der Waals surface area contributed by atoms with Gasteiger partial charge in [0.05, 0.1) is 5.56 Å². The SMILES string of the molecule is C=CCCNc1ncc(C(N)=O)c(N)n1. The number of amides is 1. The Morgan fingerprint density at radius 2 is 2.40 bits per heavy atom. The lowest BCUT2D eigenvalue weighted by Crippen LogP contribution is -2.16. The van der Waals surface area contributed by atoms with Crippen molar-refractivity contribution in [3.05, 3.63) is 24.4 Å². The lowest BCUT2D eigenvalue weighted by molar-refractivity contribution is 0.100. The first kappa shape index (κ1) is 11.0. The van der Waals surface area contributed by atoms with Gasteiger partial charge in [0.1, 0.15) is 5.82 Å². The maximum absolute atomic E-state index is 10.8. The third-order valence-corrected chi connectivity index (χ3v) is 1.72. The van der Waals surface area contributed by atoms with Crippen LogP contribution in [-0.2, 0) is 0 Å². The fraction of sp³-hybridized carbons (Fsp3) is 0.222. The Morgan fingerprint density at radius 1 is 1.67 bits per heavy atom. The van der Waals surface area contributed by atoms with Gasteiger partial charge in [-0.1, -0.05) is 6.08 Å². The summed E-state index contributed by atoms with van der Waals surface area (Å²) in [7, 11) is 0. The second kappa shape index (κ2) is 4.94. The van der Waals surface area contributed by atoms with E-state index >= 15 is 0 Å². The van der Waals surface area contributed by atoms with Gasteiger partial charge in [0, 0.05) is 12.7 Å². The first-order valence-electron chi connectivity index (χ1n) is 4.42. The molecular formula is C9H13N5O. The summed E-state index contributed by atoms with van der Waals surface area (Å²) in [5.74, 6) is -0.178. The molecule has 1 rings (SSSR count). The van der Waals surface area contributed by atoms with Crippen molar-refractivity contribution in [2.45, 2.75) is 6.42 Å². The minimum atomic E-state index is -0.634. The summed E-state index contributed by atoms with van der Waals surface area (Å²) in [4.78, 5) is 18.6. The Morgan fingerprint density at radius 3 is 2.93 bits per heavy atom. The molecule has 0 bridgehead atoms. The van der Waals surface area contributed by atoms with Crippen molar-refractivity contribution in [3.8, 4) is 0 Å². The highest BCUT2D eigenvalue weighted by Gasteiger charge is 2.08. The van der Waals surface area contributed by atoms with Crippen LogP contribution in [0, 0.1) is 0 Å². The van der Waals surface area contributed by atoms with Crippen molar-refractivity contribution < 1.29 is 4.79 Å². The van der Waals surface area contributed by atoms with Gasteiger partial charge in [-0.25, -0.2) is 4.98 Å². The quantitative estimate of drug-likeness (QED) is 0.470. The van der Waals surface area contributed by atoms with Gasteiger partial charge < -0.3 is 16.8 Å². The number of hydrogen-bond acceptors (Lipinski definition) is 5. The Kier molecular flexibility index (Phi) is 3.61. The van der Waals surface area contributed by atoms with E-state index in [4.69, 9.17) is 11.5 Å². The minimum absolute atomic E-state index is 0.0820. The van der Waals surface area contributed by atoms with Crippen LogP contribution in [0.15, 0.2) is 18.9 Å². The fourth-order valence-electron chi connectivity index (χ4n) is 0.956. The number of nitrogens with two attached hydrogens (primary N) is 2. The fourth-order valence-corrected chi connectivity index (χ4v) is 0.956. The van der Waals surface area contributed by atoms with E-state index in [1.807, 2.05) is 0 Å². The molecule has 80 valence electrons. The van der Waals surface area contributed by atoms with Crippen LogP contribution in [0.5, 0.6) is 0 Å². The second-order valence-electron chi connectivity index (χ2n) is 2.86. The van der Waals surface area contributed by atoms with Crippen LogP contribution >= 0.6 is 0 Å². The summed E-state index contributed by atoms with van der Waals surface area (Å²) in [5.41, 5.74) is 10.7. The third-order valence-electron chi connectivity index (χ3n) is 1.72. The Balaban J connectivity index is 2.73. The van der Waals surface area contributed by atoms with Crippen molar-refractivity contribution in [2.75, 3.05) is 17.6 Å². The second-order valence-corrected chi connectivity index (χ2v) is 2.86. The zero-order chi connectivity index (χ0) is 11.3. The molecule has 0 saturated carbocycles. The van der Waals surface area contributed by atoms with E-state index in [1.54, 1.807) is 6.08 Å². The number of aromatic nitrogens is 2. The summed E-state index contributed by atoms with van der Waals surface area (Å²) in [6.07, 6.45) is 3.87. The van der Waals surface area contributed by atoms with E-state index in [0.29, 0.717) is 12.5 Å². The Hall–Kier alpha value is -2.11. The van der Waals surface area contributed by atoms with Gasteiger partial charge in [0.15, 0.2) is 0 Å². The molecule has 0 fully saturated rings. The molecule has 0 radical (unpaired) electrons. The minimum Gasteiger partial charge on any atom is -0.383 e. The molecule has 0 aliphatic carbocycles. The first-order valence-corrected chi connectivity index (χ1v) is 4.42. The van der Waals surface area contributed by atoms with Gasteiger partial charge in [-0.15, -0.1) is 6.58 Å².